The summed E-state index contributed by atoms with van der Waals surface area (Å²) in [6, 6.07) is 15.2. The quantitative estimate of drug-likeness (QED) is 0.820. The van der Waals surface area contributed by atoms with Crippen LogP contribution in [0.3, 0.4) is 0 Å². The van der Waals surface area contributed by atoms with Crippen LogP contribution in [0.5, 0.6) is 5.75 Å². The van der Waals surface area contributed by atoms with Crippen molar-refractivity contribution < 1.29 is 14.6 Å². The number of benzene rings is 2. The second-order valence-electron chi connectivity index (χ2n) is 7.33. The lowest BCUT2D eigenvalue weighted by atomic mass is 9.86. The maximum atomic E-state index is 10.9. The van der Waals surface area contributed by atoms with Crippen LogP contribution in [0.1, 0.15) is 42.3 Å². The van der Waals surface area contributed by atoms with Gasteiger partial charge in [-0.15, -0.1) is 0 Å². The molecule has 134 valence electrons. The molecule has 0 saturated carbocycles. The number of nitrogens with zero attached hydrogens (tertiary/aromatic N) is 1. The first-order valence-corrected chi connectivity index (χ1v) is 8.50. The van der Waals surface area contributed by atoms with Gasteiger partial charge in [-0.05, 0) is 41.8 Å². The summed E-state index contributed by atoms with van der Waals surface area (Å²) in [6.45, 7) is 8.70. The Balaban J connectivity index is 1.87. The number of aromatic carboxylic acids is 1. The van der Waals surface area contributed by atoms with Crippen molar-refractivity contribution >= 4 is 5.97 Å². The first-order chi connectivity index (χ1) is 11.8. The van der Waals surface area contributed by atoms with E-state index in [9.17, 15) is 4.79 Å². The smallest absolute Gasteiger partial charge is 0.335 e. The number of likely N-dealkylation sites (N-methyl/N-ethyl adjacent to an activating group) is 1. The molecule has 0 unspecified atom stereocenters. The van der Waals surface area contributed by atoms with Crippen LogP contribution in [0.4, 0.5) is 0 Å². The van der Waals surface area contributed by atoms with Gasteiger partial charge in [0.1, 0.15) is 12.4 Å². The van der Waals surface area contributed by atoms with Gasteiger partial charge in [0.05, 0.1) is 5.56 Å². The fourth-order valence-electron chi connectivity index (χ4n) is 2.67. The van der Waals surface area contributed by atoms with Gasteiger partial charge in [-0.2, -0.15) is 0 Å². The number of carboxylic acid groups (broad SMARTS) is 1. The molecule has 0 aliphatic carbocycles. The first-order valence-electron chi connectivity index (χ1n) is 8.50. The van der Waals surface area contributed by atoms with E-state index in [-0.39, 0.29) is 5.41 Å². The largest absolute Gasteiger partial charge is 0.492 e. The Kier molecular flexibility index (Phi) is 6.21. The van der Waals surface area contributed by atoms with E-state index in [1.54, 1.807) is 12.1 Å². The topological polar surface area (TPSA) is 49.8 Å². The molecule has 25 heavy (non-hydrogen) atoms. The molecule has 0 amide bonds. The average molecular weight is 341 g/mol. The number of carboxylic acids is 1. The summed E-state index contributed by atoms with van der Waals surface area (Å²) in [6.07, 6.45) is 0. The Hall–Kier alpha value is -2.33. The van der Waals surface area contributed by atoms with Gasteiger partial charge in [0, 0.05) is 13.1 Å². The Morgan fingerprint density at radius 2 is 1.72 bits per heavy atom. The molecule has 0 spiro atoms. The van der Waals surface area contributed by atoms with Crippen LogP contribution >= 0.6 is 0 Å². The van der Waals surface area contributed by atoms with E-state index in [0.717, 1.165) is 24.4 Å². The maximum absolute atomic E-state index is 10.9. The summed E-state index contributed by atoms with van der Waals surface area (Å²) in [4.78, 5) is 13.0. The molecule has 2 aromatic carbocycles. The molecule has 0 fully saturated rings. The van der Waals surface area contributed by atoms with Crippen molar-refractivity contribution in [1.82, 2.24) is 4.90 Å². The number of carbonyl (C=O) groups is 1. The molecule has 0 atom stereocenters. The zero-order chi connectivity index (χ0) is 18.4. The highest BCUT2D eigenvalue weighted by atomic mass is 16.5. The lowest BCUT2D eigenvalue weighted by molar-refractivity contribution is 0.0697. The minimum absolute atomic E-state index is 0.0500. The Bertz CT molecular complexity index is 702. The van der Waals surface area contributed by atoms with Gasteiger partial charge in [0.25, 0.3) is 0 Å². The molecule has 2 rings (SSSR count). The Morgan fingerprint density at radius 3 is 2.32 bits per heavy atom. The van der Waals surface area contributed by atoms with Crippen LogP contribution < -0.4 is 4.74 Å². The van der Waals surface area contributed by atoms with E-state index >= 15 is 0 Å². The Labute approximate surface area is 150 Å². The van der Waals surface area contributed by atoms with Gasteiger partial charge in [-0.25, -0.2) is 4.79 Å². The molecule has 0 radical (unpaired) electrons. The third-order valence-electron chi connectivity index (χ3n) is 4.08. The van der Waals surface area contributed by atoms with Gasteiger partial charge in [-0.1, -0.05) is 51.1 Å². The highest BCUT2D eigenvalue weighted by molar-refractivity contribution is 5.87. The van der Waals surface area contributed by atoms with E-state index in [1.807, 2.05) is 37.4 Å². The summed E-state index contributed by atoms with van der Waals surface area (Å²) >= 11 is 0. The molecule has 0 aliphatic rings. The average Bonchev–Trinajstić information content (AvgIpc) is 2.55. The maximum Gasteiger partial charge on any atom is 0.335 e. The monoisotopic (exact) mass is 341 g/mol. The third kappa shape index (κ3) is 5.61. The lowest BCUT2D eigenvalue weighted by Crippen LogP contribution is -2.24. The molecule has 0 saturated heterocycles. The molecule has 4 heteroatoms. The second kappa shape index (κ2) is 8.17. The fraction of sp³-hybridized carbons (Fsp3) is 0.381. The third-order valence-corrected chi connectivity index (χ3v) is 4.08. The highest BCUT2D eigenvalue weighted by Crippen LogP contribution is 2.30. The number of para-hydroxylation sites is 1. The van der Waals surface area contributed by atoms with Gasteiger partial charge in [-0.3, -0.25) is 4.90 Å². The van der Waals surface area contributed by atoms with Crippen LogP contribution in [0, 0.1) is 0 Å². The van der Waals surface area contributed by atoms with Crippen molar-refractivity contribution in [2.45, 2.75) is 32.7 Å². The molecule has 0 bridgehead atoms. The number of rotatable bonds is 7. The summed E-state index contributed by atoms with van der Waals surface area (Å²) < 4.78 is 6.00. The fourth-order valence-corrected chi connectivity index (χ4v) is 2.67. The predicted octanol–water partition coefficient (Wildman–Crippen LogP) is 4.19. The van der Waals surface area contributed by atoms with Gasteiger partial charge in [0.2, 0.25) is 0 Å². The summed E-state index contributed by atoms with van der Waals surface area (Å²) in [5, 5.41) is 8.93. The van der Waals surface area contributed by atoms with Crippen LogP contribution in [0.2, 0.25) is 0 Å². The van der Waals surface area contributed by atoms with E-state index in [0.29, 0.717) is 12.2 Å². The molecule has 0 aromatic heterocycles. The standard InChI is InChI=1S/C21H27NO3/c1-21(2,3)18-7-5-6-8-19(18)25-14-13-22(4)15-16-9-11-17(12-10-16)20(23)24/h5-12H,13-15H2,1-4H3,(H,23,24). The van der Waals surface area contributed by atoms with Crippen molar-refractivity contribution in [3.05, 3.63) is 65.2 Å². The van der Waals surface area contributed by atoms with Crippen LogP contribution in [0.15, 0.2) is 48.5 Å². The van der Waals surface area contributed by atoms with Gasteiger partial charge >= 0.3 is 5.97 Å². The van der Waals surface area contributed by atoms with E-state index < -0.39 is 5.97 Å². The zero-order valence-corrected chi connectivity index (χ0v) is 15.5. The normalized spacial score (nSPS) is 11.6. The van der Waals surface area contributed by atoms with Crippen molar-refractivity contribution in [3.8, 4) is 5.75 Å². The molecule has 4 nitrogen and oxygen atoms in total. The van der Waals surface area contributed by atoms with Crippen molar-refractivity contribution in [2.24, 2.45) is 0 Å². The molecule has 0 heterocycles. The first kappa shape index (κ1) is 19.0. The van der Waals surface area contributed by atoms with Crippen LogP contribution in [-0.4, -0.2) is 36.2 Å². The van der Waals surface area contributed by atoms with E-state index in [4.69, 9.17) is 9.84 Å². The van der Waals surface area contributed by atoms with Crippen LogP contribution in [0.25, 0.3) is 0 Å². The molecule has 2 aromatic rings. The van der Waals surface area contributed by atoms with Crippen molar-refractivity contribution in [1.29, 1.82) is 0 Å². The van der Waals surface area contributed by atoms with Crippen molar-refractivity contribution in [3.63, 3.8) is 0 Å². The number of ether oxygens (including phenoxy) is 1. The molecule has 1 N–H and O–H groups in total. The number of hydrogen-bond acceptors (Lipinski definition) is 3. The van der Waals surface area contributed by atoms with E-state index in [1.165, 1.54) is 5.56 Å². The SMILES string of the molecule is CN(CCOc1ccccc1C(C)(C)C)Cc1ccc(C(=O)O)cc1. The summed E-state index contributed by atoms with van der Waals surface area (Å²) in [5.41, 5.74) is 2.66. The predicted molar refractivity (Wildman–Crippen MR) is 100 cm³/mol. The van der Waals surface area contributed by atoms with Crippen LogP contribution in [-0.2, 0) is 12.0 Å². The molecular weight excluding hydrogens is 314 g/mol. The minimum Gasteiger partial charge on any atom is -0.492 e. The second-order valence-corrected chi connectivity index (χ2v) is 7.33. The lowest BCUT2D eigenvalue weighted by Gasteiger charge is -2.23. The van der Waals surface area contributed by atoms with Crippen molar-refractivity contribution in [2.75, 3.05) is 20.2 Å². The summed E-state index contributed by atoms with van der Waals surface area (Å²) in [7, 11) is 2.03. The minimum atomic E-state index is -0.897. The Morgan fingerprint density at radius 1 is 1.08 bits per heavy atom. The van der Waals surface area contributed by atoms with Gasteiger partial charge in [0.15, 0.2) is 0 Å². The van der Waals surface area contributed by atoms with Gasteiger partial charge < -0.3 is 9.84 Å². The summed E-state index contributed by atoms with van der Waals surface area (Å²) in [5.74, 6) is 0.0417. The van der Waals surface area contributed by atoms with E-state index in [2.05, 4.69) is 31.7 Å². The zero-order valence-electron chi connectivity index (χ0n) is 15.5. The number of hydrogen-bond donors (Lipinski definition) is 1. The molecular formula is C21H27NO3. The highest BCUT2D eigenvalue weighted by Gasteiger charge is 2.18. The molecule has 0 aliphatic heterocycles.